The van der Waals surface area contributed by atoms with Gasteiger partial charge in [0.2, 0.25) is 0 Å². The molecule has 15 heteroatoms. The standard InChI is InChI=1S/C33H37BrF3N7O4/c1-41(2)20-7-11-42(12-8-20)30(45)27(17-19-15-23(33(35,36)37)28(38)24(34)16-19)48-32(47)43-13-9-21(10-14-43)44-26-18-39-25-6-4-3-5-22(25)29(26)40-31(44)46/h3-6,15-16,18,20-21,27H,7-14,17,38H2,1-2H3,(H,40,46). The van der Waals surface area contributed by atoms with E-state index in [0.29, 0.717) is 37.0 Å². The van der Waals surface area contributed by atoms with Crippen molar-refractivity contribution in [1.29, 1.82) is 0 Å². The van der Waals surface area contributed by atoms with Crippen LogP contribution < -0.4 is 11.4 Å². The number of anilines is 1. The molecule has 2 saturated heterocycles. The van der Waals surface area contributed by atoms with Gasteiger partial charge >= 0.3 is 18.0 Å². The number of carbonyl (C=O) groups excluding carboxylic acids is 2. The normalized spacial score (nSPS) is 17.4. The van der Waals surface area contributed by atoms with Gasteiger partial charge in [-0.3, -0.25) is 14.3 Å². The van der Waals surface area contributed by atoms with Crippen LogP contribution in [-0.4, -0.2) is 93.7 Å². The smallest absolute Gasteiger partial charge is 0.418 e. The number of nitrogens with one attached hydrogen (secondary N) is 1. The number of ether oxygens (including phenoxy) is 1. The quantitative estimate of drug-likeness (QED) is 0.262. The highest BCUT2D eigenvalue weighted by molar-refractivity contribution is 9.10. The Balaban J connectivity index is 1.19. The summed E-state index contributed by atoms with van der Waals surface area (Å²) >= 11 is 3.11. The molecule has 1 atom stereocenters. The van der Waals surface area contributed by atoms with Crippen LogP contribution in [0.25, 0.3) is 21.9 Å². The first kappa shape index (κ1) is 33.8. The van der Waals surface area contributed by atoms with E-state index >= 15 is 0 Å². The molecule has 3 N–H and O–H groups in total. The van der Waals surface area contributed by atoms with E-state index in [1.807, 2.05) is 38.4 Å². The van der Waals surface area contributed by atoms with Crippen molar-refractivity contribution in [2.24, 2.45) is 0 Å². The van der Waals surface area contributed by atoms with Crippen molar-refractivity contribution in [3.63, 3.8) is 0 Å². The fourth-order valence-electron chi connectivity index (χ4n) is 6.81. The van der Waals surface area contributed by atoms with Crippen molar-refractivity contribution in [2.75, 3.05) is 46.0 Å². The maximum Gasteiger partial charge on any atom is 0.418 e. The molecule has 2 aromatic heterocycles. The Morgan fingerprint density at radius 2 is 1.75 bits per heavy atom. The highest BCUT2D eigenvalue weighted by Gasteiger charge is 2.37. The molecule has 1 unspecified atom stereocenters. The van der Waals surface area contributed by atoms with E-state index in [0.717, 1.165) is 29.8 Å². The van der Waals surface area contributed by atoms with E-state index in [-0.39, 0.29) is 47.3 Å². The molecule has 0 bridgehead atoms. The molecule has 0 radical (unpaired) electrons. The number of amides is 2. The lowest BCUT2D eigenvalue weighted by molar-refractivity contribution is -0.142. The molecule has 11 nitrogen and oxygen atoms in total. The minimum absolute atomic E-state index is 0.0365. The number of likely N-dealkylation sites (tertiary alicyclic amines) is 2. The predicted octanol–water partition coefficient (Wildman–Crippen LogP) is 5.18. The highest BCUT2D eigenvalue weighted by Crippen LogP contribution is 2.38. The molecule has 0 aliphatic carbocycles. The lowest BCUT2D eigenvalue weighted by Crippen LogP contribution is -2.50. The van der Waals surface area contributed by atoms with E-state index in [2.05, 4.69) is 30.8 Å². The van der Waals surface area contributed by atoms with Crippen LogP contribution in [0.1, 0.15) is 42.9 Å². The number of rotatable bonds is 6. The number of alkyl halides is 3. The molecule has 2 fully saturated rings. The lowest BCUT2D eigenvalue weighted by Gasteiger charge is -2.37. The predicted molar refractivity (Wildman–Crippen MR) is 179 cm³/mol. The van der Waals surface area contributed by atoms with Crippen LogP contribution >= 0.6 is 15.9 Å². The Bertz CT molecular complexity index is 1890. The first-order valence-electron chi connectivity index (χ1n) is 15.9. The zero-order valence-electron chi connectivity index (χ0n) is 26.6. The lowest BCUT2D eigenvalue weighted by atomic mass is 10.00. The molecule has 0 spiro atoms. The van der Waals surface area contributed by atoms with Gasteiger partial charge in [-0.05, 0) is 79.5 Å². The van der Waals surface area contributed by atoms with E-state index in [4.69, 9.17) is 10.5 Å². The number of pyridine rings is 1. The van der Waals surface area contributed by atoms with Gasteiger partial charge in [0.1, 0.15) is 0 Å². The first-order valence-corrected chi connectivity index (χ1v) is 16.6. The van der Waals surface area contributed by atoms with Crippen molar-refractivity contribution in [1.82, 2.24) is 29.2 Å². The van der Waals surface area contributed by atoms with Crippen LogP contribution in [0.3, 0.4) is 0 Å². The number of halogens is 4. The van der Waals surface area contributed by atoms with Crippen LogP contribution in [0, 0.1) is 0 Å². The maximum atomic E-state index is 13.8. The Labute approximate surface area is 282 Å². The summed E-state index contributed by atoms with van der Waals surface area (Å²) in [5, 5.41) is 0.837. The van der Waals surface area contributed by atoms with Gasteiger partial charge in [-0.2, -0.15) is 13.2 Å². The van der Waals surface area contributed by atoms with Crippen LogP contribution in [0.4, 0.5) is 23.7 Å². The summed E-state index contributed by atoms with van der Waals surface area (Å²) in [6.45, 7) is 1.38. The summed E-state index contributed by atoms with van der Waals surface area (Å²) in [5.74, 6) is -0.456. The van der Waals surface area contributed by atoms with E-state index in [1.54, 1.807) is 15.7 Å². The molecule has 48 heavy (non-hydrogen) atoms. The molecule has 2 amide bonds. The Kier molecular flexibility index (Phi) is 9.44. The molecule has 2 aliphatic rings. The second kappa shape index (κ2) is 13.4. The molecule has 256 valence electrons. The third-order valence-corrected chi connectivity index (χ3v) is 10.2. The van der Waals surface area contributed by atoms with E-state index < -0.39 is 35.5 Å². The number of H-pyrrole nitrogens is 1. The van der Waals surface area contributed by atoms with Crippen molar-refractivity contribution in [3.8, 4) is 0 Å². The fraction of sp³-hybridized carbons (Fsp3) is 0.455. The molecule has 2 aliphatic heterocycles. The van der Waals surface area contributed by atoms with Gasteiger partial charge in [0.05, 0.1) is 34.0 Å². The number of imidazole rings is 1. The molecular weight excluding hydrogens is 695 g/mol. The largest absolute Gasteiger partial charge is 0.436 e. The molecule has 4 heterocycles. The second-order valence-electron chi connectivity index (χ2n) is 12.7. The molecule has 0 saturated carbocycles. The number of nitrogen functional groups attached to an aromatic ring is 1. The number of hydrogen-bond donors (Lipinski definition) is 2. The summed E-state index contributed by atoms with van der Waals surface area (Å²) in [7, 11) is 3.95. The Hall–Kier alpha value is -4.11. The minimum Gasteiger partial charge on any atom is -0.436 e. The summed E-state index contributed by atoms with van der Waals surface area (Å²) in [6, 6.07) is 9.94. The van der Waals surface area contributed by atoms with Crippen LogP contribution in [-0.2, 0) is 22.1 Å². The van der Waals surface area contributed by atoms with Crippen molar-refractivity contribution in [2.45, 2.75) is 56.5 Å². The number of piperidine rings is 2. The zero-order chi connectivity index (χ0) is 34.3. The van der Waals surface area contributed by atoms with Crippen LogP contribution in [0.2, 0.25) is 0 Å². The number of aromatic amines is 1. The first-order chi connectivity index (χ1) is 22.8. The minimum atomic E-state index is -4.72. The number of aromatic nitrogens is 3. The molecule has 6 rings (SSSR count). The zero-order valence-corrected chi connectivity index (χ0v) is 28.2. The van der Waals surface area contributed by atoms with Gasteiger partial charge in [0.15, 0.2) is 6.10 Å². The number of para-hydroxylation sites is 1. The van der Waals surface area contributed by atoms with Crippen molar-refractivity contribution in [3.05, 3.63) is 68.7 Å². The van der Waals surface area contributed by atoms with Gasteiger partial charge in [-0.15, -0.1) is 0 Å². The Morgan fingerprint density at radius 1 is 1.08 bits per heavy atom. The average Bonchev–Trinajstić information content (AvgIpc) is 3.41. The number of hydrogen-bond acceptors (Lipinski definition) is 7. The van der Waals surface area contributed by atoms with Crippen LogP contribution in [0.15, 0.2) is 51.9 Å². The molecule has 4 aromatic rings. The summed E-state index contributed by atoms with van der Waals surface area (Å²) in [4.78, 5) is 53.1. The van der Waals surface area contributed by atoms with Crippen molar-refractivity contribution >= 4 is 55.6 Å². The van der Waals surface area contributed by atoms with Gasteiger partial charge in [0.25, 0.3) is 5.91 Å². The maximum absolute atomic E-state index is 13.8. The van der Waals surface area contributed by atoms with E-state index in [1.165, 1.54) is 11.0 Å². The number of nitrogens with zero attached hydrogens (tertiary/aromatic N) is 5. The number of benzene rings is 2. The number of fused-ring (bicyclic) bond motifs is 3. The van der Waals surface area contributed by atoms with Gasteiger partial charge in [0, 0.05) is 54.5 Å². The average molecular weight is 733 g/mol. The Morgan fingerprint density at radius 3 is 2.42 bits per heavy atom. The van der Waals surface area contributed by atoms with E-state index in [9.17, 15) is 27.6 Å². The van der Waals surface area contributed by atoms with Gasteiger partial charge in [-0.25, -0.2) is 9.59 Å². The van der Waals surface area contributed by atoms with Gasteiger partial charge in [-0.1, -0.05) is 18.2 Å². The van der Waals surface area contributed by atoms with Crippen molar-refractivity contribution < 1.29 is 27.5 Å². The summed E-state index contributed by atoms with van der Waals surface area (Å²) in [5.41, 5.74) is 6.24. The molecule has 2 aromatic carbocycles. The summed E-state index contributed by atoms with van der Waals surface area (Å²) in [6.07, 6.45) is -3.05. The SMILES string of the molecule is CN(C)C1CCN(C(=O)C(Cc2cc(Br)c(N)c(C(F)(F)F)c2)OC(=O)N2CCC(n3c(=O)[nH]c4c5ccccc5ncc43)CC2)CC1. The number of carbonyl (C=O) groups is 2. The second-order valence-corrected chi connectivity index (χ2v) is 13.5. The van der Waals surface area contributed by atoms with Gasteiger partial charge < -0.3 is 30.2 Å². The third-order valence-electron chi connectivity index (χ3n) is 9.49. The van der Waals surface area contributed by atoms with Crippen LogP contribution in [0.5, 0.6) is 0 Å². The topological polar surface area (TPSA) is 130 Å². The fourth-order valence-corrected chi connectivity index (χ4v) is 7.32. The summed E-state index contributed by atoms with van der Waals surface area (Å²) < 4.78 is 48.8. The number of nitrogens with two attached hydrogens (primary N) is 1. The monoisotopic (exact) mass is 731 g/mol. The molecular formula is C33H37BrF3N7O4. The highest BCUT2D eigenvalue weighted by atomic mass is 79.9. The third kappa shape index (κ3) is 6.75.